The van der Waals surface area contributed by atoms with Crippen LogP contribution < -0.4 is 5.32 Å². The first-order valence-electron chi connectivity index (χ1n) is 8.48. The van der Waals surface area contributed by atoms with Crippen molar-refractivity contribution in [2.45, 2.75) is 58.0 Å². The van der Waals surface area contributed by atoms with E-state index in [4.69, 9.17) is 0 Å². The summed E-state index contributed by atoms with van der Waals surface area (Å²) in [4.78, 5) is 19.8. The van der Waals surface area contributed by atoms with Crippen molar-refractivity contribution in [3.63, 3.8) is 0 Å². The van der Waals surface area contributed by atoms with Crippen molar-refractivity contribution < 1.29 is 4.79 Å². The van der Waals surface area contributed by atoms with Crippen LogP contribution in [0.4, 0.5) is 0 Å². The molecule has 1 aliphatic carbocycles. The zero-order chi connectivity index (χ0) is 15.7. The Kier molecular flexibility index (Phi) is 4.22. The van der Waals surface area contributed by atoms with Gasteiger partial charge in [-0.3, -0.25) is 14.7 Å². The van der Waals surface area contributed by atoms with Crippen molar-refractivity contribution in [2.24, 2.45) is 5.92 Å². The summed E-state index contributed by atoms with van der Waals surface area (Å²) in [6.45, 7) is 8.14. The minimum Gasteiger partial charge on any atom is -0.346 e. The van der Waals surface area contributed by atoms with Gasteiger partial charge >= 0.3 is 0 Å². The van der Waals surface area contributed by atoms with Crippen LogP contribution >= 0.6 is 0 Å². The Morgan fingerprint density at radius 1 is 1.32 bits per heavy atom. The normalized spacial score (nSPS) is 20.9. The van der Waals surface area contributed by atoms with Gasteiger partial charge in [0.15, 0.2) is 0 Å². The van der Waals surface area contributed by atoms with Crippen LogP contribution in [0.25, 0.3) is 0 Å². The fraction of sp³-hybridized carbons (Fsp3) is 0.667. The molecule has 1 N–H and O–H groups in total. The maximum absolute atomic E-state index is 12.9. The van der Waals surface area contributed by atoms with Gasteiger partial charge in [0.25, 0.3) is 0 Å². The summed E-state index contributed by atoms with van der Waals surface area (Å²) >= 11 is 0. The number of carbonyl (C=O) groups is 1. The number of likely N-dealkylation sites (tertiary alicyclic amines) is 1. The van der Waals surface area contributed by atoms with Gasteiger partial charge in [-0.15, -0.1) is 0 Å². The summed E-state index contributed by atoms with van der Waals surface area (Å²) in [6.07, 6.45) is 4.76. The molecule has 1 atom stereocenters. The minimum absolute atomic E-state index is 0.0641. The number of hydrogen-bond acceptors (Lipinski definition) is 3. The van der Waals surface area contributed by atoms with E-state index < -0.39 is 5.54 Å². The number of amides is 1. The summed E-state index contributed by atoms with van der Waals surface area (Å²) in [6, 6.07) is 6.14. The highest BCUT2D eigenvalue weighted by Crippen LogP contribution is 2.41. The van der Waals surface area contributed by atoms with Crippen LogP contribution in [0.1, 0.15) is 57.0 Å². The fourth-order valence-corrected chi connectivity index (χ4v) is 3.34. The Balaban J connectivity index is 1.75. The molecule has 1 amide bonds. The lowest BCUT2D eigenvalue weighted by Crippen LogP contribution is -2.54. The molecule has 1 saturated carbocycles. The van der Waals surface area contributed by atoms with Gasteiger partial charge in [-0.25, -0.2) is 0 Å². The molecule has 2 heterocycles. The van der Waals surface area contributed by atoms with Crippen LogP contribution in [-0.2, 0) is 4.79 Å². The average Bonchev–Trinajstić information content (AvgIpc) is 3.16. The number of hydrogen-bond donors (Lipinski definition) is 1. The van der Waals surface area contributed by atoms with Crippen molar-refractivity contribution in [1.29, 1.82) is 0 Å². The van der Waals surface area contributed by atoms with Gasteiger partial charge in [0.05, 0.1) is 17.3 Å². The minimum atomic E-state index is -0.437. The van der Waals surface area contributed by atoms with Crippen LogP contribution in [0, 0.1) is 12.8 Å². The van der Waals surface area contributed by atoms with Crippen LogP contribution in [0.2, 0.25) is 0 Å². The van der Waals surface area contributed by atoms with Gasteiger partial charge in [0.1, 0.15) is 0 Å². The first-order chi connectivity index (χ1) is 10.5. The SMILES string of the molecule is Cc1cccc(C(NC(=O)C(C)(C)N2CCCC2)C2CC2)n1. The monoisotopic (exact) mass is 301 g/mol. The Bertz CT molecular complexity index is 545. The van der Waals surface area contributed by atoms with Crippen molar-refractivity contribution in [2.75, 3.05) is 13.1 Å². The Hall–Kier alpha value is -1.42. The van der Waals surface area contributed by atoms with E-state index in [9.17, 15) is 4.79 Å². The molecule has 2 fully saturated rings. The topological polar surface area (TPSA) is 45.2 Å². The van der Waals surface area contributed by atoms with E-state index in [-0.39, 0.29) is 11.9 Å². The highest BCUT2D eigenvalue weighted by molar-refractivity contribution is 5.85. The number of aromatic nitrogens is 1. The maximum atomic E-state index is 12.9. The lowest BCUT2D eigenvalue weighted by atomic mass is 9.99. The van der Waals surface area contributed by atoms with Crippen LogP contribution in [0.3, 0.4) is 0 Å². The Morgan fingerprint density at radius 2 is 2.00 bits per heavy atom. The zero-order valence-corrected chi connectivity index (χ0v) is 13.9. The molecule has 1 saturated heterocycles. The molecule has 4 nitrogen and oxygen atoms in total. The smallest absolute Gasteiger partial charge is 0.240 e. The van der Waals surface area contributed by atoms with E-state index in [1.807, 2.05) is 39.0 Å². The number of rotatable bonds is 5. The molecule has 22 heavy (non-hydrogen) atoms. The molecular weight excluding hydrogens is 274 g/mol. The molecule has 1 aromatic rings. The molecule has 1 aliphatic heterocycles. The third kappa shape index (κ3) is 3.17. The molecule has 0 radical (unpaired) electrons. The van der Waals surface area contributed by atoms with Gasteiger partial charge in [0.2, 0.25) is 5.91 Å². The summed E-state index contributed by atoms with van der Waals surface area (Å²) in [5.41, 5.74) is 1.58. The fourth-order valence-electron chi connectivity index (χ4n) is 3.34. The summed E-state index contributed by atoms with van der Waals surface area (Å²) in [5, 5.41) is 3.30. The largest absolute Gasteiger partial charge is 0.346 e. The lowest BCUT2D eigenvalue weighted by Gasteiger charge is -2.35. The number of nitrogens with one attached hydrogen (secondary N) is 1. The second-order valence-corrected chi connectivity index (χ2v) is 7.25. The predicted octanol–water partition coefficient (Wildman–Crippen LogP) is 2.83. The van der Waals surface area contributed by atoms with Gasteiger partial charge in [0, 0.05) is 5.69 Å². The first-order valence-corrected chi connectivity index (χ1v) is 8.48. The second kappa shape index (κ2) is 5.99. The van der Waals surface area contributed by atoms with E-state index in [0.717, 1.165) is 24.5 Å². The summed E-state index contributed by atoms with van der Waals surface area (Å²) < 4.78 is 0. The van der Waals surface area contributed by atoms with Gasteiger partial charge in [-0.1, -0.05) is 6.07 Å². The van der Waals surface area contributed by atoms with Gasteiger partial charge in [-0.05, 0) is 77.6 Å². The molecular formula is C18H27N3O. The van der Waals surface area contributed by atoms with E-state index >= 15 is 0 Å². The third-order valence-electron chi connectivity index (χ3n) is 5.06. The molecule has 1 aromatic heterocycles. The number of nitrogens with zero attached hydrogens (tertiary/aromatic N) is 2. The van der Waals surface area contributed by atoms with Crippen LogP contribution in [0.5, 0.6) is 0 Å². The molecule has 0 bridgehead atoms. The standard InChI is InChI=1S/C18H27N3O/c1-13-7-6-8-15(19-13)16(14-9-10-14)20-17(22)18(2,3)21-11-4-5-12-21/h6-8,14,16H,4-5,9-12H2,1-3H3,(H,20,22). The second-order valence-electron chi connectivity index (χ2n) is 7.25. The van der Waals surface area contributed by atoms with Crippen molar-refractivity contribution >= 4 is 5.91 Å². The summed E-state index contributed by atoms with van der Waals surface area (Å²) in [5.74, 6) is 0.683. The molecule has 120 valence electrons. The Labute approximate surface area is 133 Å². The highest BCUT2D eigenvalue weighted by atomic mass is 16.2. The number of carbonyl (C=O) groups excluding carboxylic acids is 1. The first kappa shape index (κ1) is 15.5. The van der Waals surface area contributed by atoms with E-state index in [1.165, 1.54) is 25.7 Å². The van der Waals surface area contributed by atoms with Crippen molar-refractivity contribution in [3.05, 3.63) is 29.6 Å². The van der Waals surface area contributed by atoms with E-state index in [2.05, 4.69) is 15.2 Å². The molecule has 0 aromatic carbocycles. The number of aryl methyl sites for hydroxylation is 1. The quantitative estimate of drug-likeness (QED) is 0.909. The molecule has 4 heteroatoms. The van der Waals surface area contributed by atoms with E-state index in [1.54, 1.807) is 0 Å². The zero-order valence-electron chi connectivity index (χ0n) is 13.9. The van der Waals surface area contributed by atoms with Crippen molar-refractivity contribution in [1.82, 2.24) is 15.2 Å². The van der Waals surface area contributed by atoms with Gasteiger partial charge < -0.3 is 5.32 Å². The highest BCUT2D eigenvalue weighted by Gasteiger charge is 2.40. The molecule has 3 rings (SSSR count). The van der Waals surface area contributed by atoms with Crippen molar-refractivity contribution in [3.8, 4) is 0 Å². The lowest BCUT2D eigenvalue weighted by molar-refractivity contribution is -0.132. The summed E-state index contributed by atoms with van der Waals surface area (Å²) in [7, 11) is 0. The average molecular weight is 301 g/mol. The predicted molar refractivity (Wildman–Crippen MR) is 87.5 cm³/mol. The van der Waals surface area contributed by atoms with E-state index in [0.29, 0.717) is 5.92 Å². The maximum Gasteiger partial charge on any atom is 0.240 e. The molecule has 2 aliphatic rings. The van der Waals surface area contributed by atoms with Crippen LogP contribution in [-0.4, -0.2) is 34.4 Å². The molecule has 1 unspecified atom stereocenters. The third-order valence-corrected chi connectivity index (χ3v) is 5.06. The number of pyridine rings is 1. The van der Waals surface area contributed by atoms with Gasteiger partial charge in [-0.2, -0.15) is 0 Å². The van der Waals surface area contributed by atoms with Crippen LogP contribution in [0.15, 0.2) is 18.2 Å². The molecule has 0 spiro atoms. The Morgan fingerprint density at radius 3 is 2.59 bits per heavy atom.